The Morgan fingerprint density at radius 2 is 1.90 bits per heavy atom. The van der Waals surface area contributed by atoms with E-state index in [1.54, 1.807) is 12.1 Å². The lowest BCUT2D eigenvalue weighted by Crippen LogP contribution is -2.03. The number of thiophene rings is 1. The van der Waals surface area contributed by atoms with E-state index in [1.165, 1.54) is 30.6 Å². The number of aromatic nitrogens is 1. The number of rotatable bonds is 6. The Morgan fingerprint density at radius 1 is 1.19 bits per heavy atom. The Labute approximate surface area is 194 Å². The molecule has 0 bridgehead atoms. The molecule has 0 fully saturated rings. The highest BCUT2D eigenvalue weighted by Gasteiger charge is 2.26. The average Bonchev–Trinajstić information content (AvgIpc) is 3.26. The lowest BCUT2D eigenvalue weighted by atomic mass is 10.1. The van der Waals surface area contributed by atoms with E-state index < -0.39 is 14.8 Å². The van der Waals surface area contributed by atoms with Gasteiger partial charge in [-0.05, 0) is 23.3 Å². The molecule has 12 heteroatoms. The van der Waals surface area contributed by atoms with E-state index in [4.69, 9.17) is 23.2 Å². The minimum Gasteiger partial charge on any atom is -0.293 e. The van der Waals surface area contributed by atoms with Crippen molar-refractivity contribution in [2.45, 2.75) is 20.4 Å². The first-order chi connectivity index (χ1) is 14.7. The molecule has 1 aliphatic rings. The van der Waals surface area contributed by atoms with Crippen LogP contribution in [0.5, 0.6) is 0 Å². The first kappa shape index (κ1) is 22.0. The Bertz CT molecular complexity index is 1360. The largest absolute Gasteiger partial charge is 0.294 e. The van der Waals surface area contributed by atoms with E-state index in [9.17, 15) is 23.3 Å². The second-order valence-corrected chi connectivity index (χ2v) is 11.3. The summed E-state index contributed by atoms with van der Waals surface area (Å²) in [6, 6.07) is 5.96. The van der Waals surface area contributed by atoms with Gasteiger partial charge in [-0.2, -0.15) is 0 Å². The van der Waals surface area contributed by atoms with Gasteiger partial charge < -0.3 is 0 Å². The van der Waals surface area contributed by atoms with Gasteiger partial charge in [0, 0.05) is 30.3 Å². The van der Waals surface area contributed by atoms with Gasteiger partial charge in [0.2, 0.25) is 0 Å². The summed E-state index contributed by atoms with van der Waals surface area (Å²) in [4.78, 5) is 28.3. The van der Waals surface area contributed by atoms with Crippen LogP contribution in [0.4, 0.5) is 5.69 Å². The summed E-state index contributed by atoms with van der Waals surface area (Å²) in [6.45, 7) is 0. The zero-order valence-electron chi connectivity index (χ0n) is 15.2. The van der Waals surface area contributed by atoms with Crippen molar-refractivity contribution in [3.63, 3.8) is 0 Å². The molecule has 0 radical (unpaired) electrons. The van der Waals surface area contributed by atoms with Gasteiger partial charge in [0.05, 0.1) is 29.6 Å². The zero-order chi connectivity index (χ0) is 22.3. The highest BCUT2D eigenvalue weighted by Crippen LogP contribution is 2.45. The van der Waals surface area contributed by atoms with Gasteiger partial charge >= 0.3 is 0 Å². The van der Waals surface area contributed by atoms with Crippen LogP contribution in [0.2, 0.25) is 10.0 Å². The summed E-state index contributed by atoms with van der Waals surface area (Å²) in [6.07, 6.45) is 4.15. The maximum atomic E-state index is 12.8. The highest BCUT2D eigenvalue weighted by atomic mass is 35.5. The molecule has 0 saturated carbocycles. The smallest absolute Gasteiger partial charge is 0.293 e. The first-order valence-corrected chi connectivity index (χ1v) is 12.4. The molecule has 158 valence electrons. The van der Waals surface area contributed by atoms with E-state index in [-0.39, 0.29) is 41.9 Å². The molecule has 1 aliphatic heterocycles. The standard InChI is InChI=1S/C19H10Cl2N2O5S3/c20-12-8-22-9-13(21)18(12)30-19-14(23(25)26)7-16(29-19)15(24)5-10-1-2-11-3-4-31(27,28)17(11)6-10/h1-4,6-9H,5H2. The fourth-order valence-electron chi connectivity index (χ4n) is 2.87. The number of nitro groups is 1. The van der Waals surface area contributed by atoms with Crippen LogP contribution >= 0.6 is 46.3 Å². The summed E-state index contributed by atoms with van der Waals surface area (Å²) in [5.74, 6) is -0.366. The van der Waals surface area contributed by atoms with Gasteiger partial charge in [-0.3, -0.25) is 19.9 Å². The van der Waals surface area contributed by atoms with E-state index >= 15 is 0 Å². The molecule has 7 nitrogen and oxygen atoms in total. The van der Waals surface area contributed by atoms with E-state index in [0.717, 1.165) is 28.5 Å². The normalized spacial score (nSPS) is 13.9. The fourth-order valence-corrected chi connectivity index (χ4v) is 6.93. The first-order valence-electron chi connectivity index (χ1n) is 8.50. The predicted octanol–water partition coefficient (Wildman–Crippen LogP) is 5.69. The molecule has 0 atom stereocenters. The number of carbonyl (C=O) groups excluding carboxylic acids is 1. The number of pyridine rings is 1. The molecule has 0 aliphatic carbocycles. The number of carbonyl (C=O) groups is 1. The van der Waals surface area contributed by atoms with Crippen LogP contribution in [0.15, 0.2) is 56.1 Å². The van der Waals surface area contributed by atoms with Gasteiger partial charge in [-0.15, -0.1) is 11.3 Å². The van der Waals surface area contributed by atoms with Crippen molar-refractivity contribution < 1.29 is 18.1 Å². The lowest BCUT2D eigenvalue weighted by Gasteiger charge is -2.04. The molecule has 31 heavy (non-hydrogen) atoms. The Kier molecular flexibility index (Phi) is 5.93. The number of hydrogen-bond donors (Lipinski definition) is 0. The SMILES string of the molecule is O=C(Cc1ccc2c(c1)S(=O)(=O)C=C2)c1cc([N+](=O)[O-])c(Sc2c(Cl)cncc2Cl)s1. The molecule has 4 rings (SSSR count). The van der Waals surface area contributed by atoms with Crippen molar-refractivity contribution in [3.05, 3.63) is 78.2 Å². The summed E-state index contributed by atoms with van der Waals surface area (Å²) >= 11 is 14.2. The third-order valence-corrected chi connectivity index (χ3v) is 9.09. The van der Waals surface area contributed by atoms with Crippen molar-refractivity contribution in [3.8, 4) is 0 Å². The van der Waals surface area contributed by atoms with E-state index in [0.29, 0.717) is 16.0 Å². The van der Waals surface area contributed by atoms with Crippen LogP contribution in [0, 0.1) is 10.1 Å². The van der Waals surface area contributed by atoms with Crippen LogP contribution in [0.1, 0.15) is 20.8 Å². The monoisotopic (exact) mass is 512 g/mol. The van der Waals surface area contributed by atoms with Crippen molar-refractivity contribution >= 4 is 73.7 Å². The summed E-state index contributed by atoms with van der Waals surface area (Å²) in [5.41, 5.74) is 0.831. The maximum absolute atomic E-state index is 12.8. The van der Waals surface area contributed by atoms with Gasteiger partial charge in [-0.1, -0.05) is 47.1 Å². The third-order valence-electron chi connectivity index (χ3n) is 4.33. The lowest BCUT2D eigenvalue weighted by molar-refractivity contribution is -0.387. The molecular weight excluding hydrogens is 503 g/mol. The van der Waals surface area contributed by atoms with Crippen molar-refractivity contribution in [2.24, 2.45) is 0 Å². The molecule has 0 amide bonds. The summed E-state index contributed by atoms with van der Waals surface area (Å²) < 4.78 is 24.3. The van der Waals surface area contributed by atoms with Crippen molar-refractivity contribution in [1.82, 2.24) is 4.98 Å². The average molecular weight is 513 g/mol. The minimum atomic E-state index is -3.50. The zero-order valence-corrected chi connectivity index (χ0v) is 19.2. The molecule has 1 aromatic carbocycles. The predicted molar refractivity (Wildman–Crippen MR) is 120 cm³/mol. The van der Waals surface area contributed by atoms with Gasteiger partial charge in [0.1, 0.15) is 4.21 Å². The van der Waals surface area contributed by atoms with Crippen LogP contribution in [0.25, 0.3) is 6.08 Å². The number of fused-ring (bicyclic) bond motifs is 1. The Morgan fingerprint density at radius 3 is 2.58 bits per heavy atom. The van der Waals surface area contributed by atoms with E-state index in [2.05, 4.69) is 4.98 Å². The van der Waals surface area contributed by atoms with E-state index in [1.807, 2.05) is 0 Å². The number of halogens is 2. The summed E-state index contributed by atoms with van der Waals surface area (Å²) in [5, 5.41) is 13.1. The summed E-state index contributed by atoms with van der Waals surface area (Å²) in [7, 11) is -3.50. The number of Topliss-reactive ketones (excluding diaryl/α,β-unsaturated/α-hetero) is 1. The second-order valence-electron chi connectivity index (χ2n) is 6.39. The molecule has 3 heterocycles. The van der Waals surface area contributed by atoms with Gasteiger partial charge in [0.25, 0.3) is 5.69 Å². The number of benzene rings is 1. The second kappa shape index (κ2) is 8.36. The molecule has 3 aromatic rings. The molecule has 0 saturated heterocycles. The Balaban J connectivity index is 1.63. The van der Waals surface area contributed by atoms with Crippen molar-refractivity contribution in [1.29, 1.82) is 0 Å². The maximum Gasteiger partial charge on any atom is 0.294 e. The molecule has 2 aromatic heterocycles. The van der Waals surface area contributed by atoms with Crippen LogP contribution < -0.4 is 0 Å². The van der Waals surface area contributed by atoms with Gasteiger partial charge in [-0.25, -0.2) is 8.42 Å². The molecule has 0 unspecified atom stereocenters. The molecular formula is C19H10Cl2N2O5S3. The number of hydrogen-bond acceptors (Lipinski definition) is 8. The number of nitrogens with zero attached hydrogens (tertiary/aromatic N) is 2. The minimum absolute atomic E-state index is 0.0959. The molecule has 0 spiro atoms. The third kappa shape index (κ3) is 4.39. The van der Waals surface area contributed by atoms with Crippen molar-refractivity contribution in [2.75, 3.05) is 0 Å². The topological polar surface area (TPSA) is 107 Å². The quantitative estimate of drug-likeness (QED) is 0.237. The van der Waals surface area contributed by atoms with Crippen LogP contribution in [-0.2, 0) is 16.3 Å². The molecule has 0 N–H and O–H groups in total. The highest BCUT2D eigenvalue weighted by molar-refractivity contribution is 8.01. The van der Waals surface area contributed by atoms with Gasteiger partial charge in [0.15, 0.2) is 15.6 Å². The number of ketones is 1. The number of sulfone groups is 1. The fraction of sp³-hybridized carbons (Fsp3) is 0.0526. The van der Waals surface area contributed by atoms with Crippen LogP contribution in [-0.4, -0.2) is 24.1 Å². The Hall–Kier alpha value is -2.24. The van der Waals surface area contributed by atoms with Crippen LogP contribution in [0.3, 0.4) is 0 Å².